The monoisotopic (exact) mass is 362 g/mol. The number of hydrogen-bond acceptors (Lipinski definition) is 7. The highest BCUT2D eigenvalue weighted by Crippen LogP contribution is 2.16. The van der Waals surface area contributed by atoms with Gasteiger partial charge >= 0.3 is 0 Å². The summed E-state index contributed by atoms with van der Waals surface area (Å²) < 4.78 is 1.17. The van der Waals surface area contributed by atoms with E-state index in [0.29, 0.717) is 5.13 Å². The molecule has 1 aliphatic heterocycles. The van der Waals surface area contributed by atoms with Gasteiger partial charge in [-0.15, -0.1) is 11.3 Å². The van der Waals surface area contributed by atoms with E-state index >= 15 is 0 Å². The lowest BCUT2D eigenvalue weighted by atomic mass is 10.3. The van der Waals surface area contributed by atoms with E-state index in [9.17, 15) is 9.59 Å². The van der Waals surface area contributed by atoms with E-state index in [2.05, 4.69) is 32.2 Å². The third-order valence-electron chi connectivity index (χ3n) is 4.10. The van der Waals surface area contributed by atoms with Crippen LogP contribution in [0.1, 0.15) is 11.3 Å². The van der Waals surface area contributed by atoms with Crippen molar-refractivity contribution < 1.29 is 4.79 Å². The van der Waals surface area contributed by atoms with Gasteiger partial charge in [-0.2, -0.15) is 5.10 Å². The molecule has 0 aromatic carbocycles. The van der Waals surface area contributed by atoms with Crippen LogP contribution in [-0.4, -0.2) is 58.8 Å². The summed E-state index contributed by atoms with van der Waals surface area (Å²) >= 11 is 1.39. The molecule has 0 atom stereocenters. The van der Waals surface area contributed by atoms with Crippen molar-refractivity contribution in [2.75, 3.05) is 43.4 Å². The highest BCUT2D eigenvalue weighted by atomic mass is 32.1. The predicted octanol–water partition coefficient (Wildman–Crippen LogP) is 0.789. The van der Waals surface area contributed by atoms with E-state index in [0.717, 1.165) is 43.2 Å². The Kier molecular flexibility index (Phi) is 5.44. The van der Waals surface area contributed by atoms with Crippen LogP contribution in [0.15, 0.2) is 23.3 Å². The maximum atomic E-state index is 12.3. The molecule has 0 bridgehead atoms. The topological polar surface area (TPSA) is 83.4 Å². The summed E-state index contributed by atoms with van der Waals surface area (Å²) in [7, 11) is 2.10. The molecule has 1 aliphatic rings. The number of aromatic nitrogens is 3. The second-order valence-electron chi connectivity index (χ2n) is 6.18. The first kappa shape index (κ1) is 17.6. The third kappa shape index (κ3) is 4.64. The van der Waals surface area contributed by atoms with Crippen molar-refractivity contribution >= 4 is 28.1 Å². The number of aryl methyl sites for hydroxylation is 1. The Labute approximate surface area is 150 Å². The van der Waals surface area contributed by atoms with Crippen LogP contribution in [0.2, 0.25) is 0 Å². The van der Waals surface area contributed by atoms with Gasteiger partial charge in [0.25, 0.3) is 5.56 Å². The molecular weight excluding hydrogens is 340 g/mol. The molecule has 0 saturated carbocycles. The van der Waals surface area contributed by atoms with Crippen LogP contribution in [-0.2, 0) is 11.3 Å². The van der Waals surface area contributed by atoms with Crippen molar-refractivity contribution in [3.05, 3.63) is 33.7 Å². The summed E-state index contributed by atoms with van der Waals surface area (Å²) in [5.41, 5.74) is 0.535. The zero-order chi connectivity index (χ0) is 17.8. The number of nitrogens with zero attached hydrogens (tertiary/aromatic N) is 5. The number of carbonyl (C=O) groups is 1. The van der Waals surface area contributed by atoms with Crippen LogP contribution in [0.3, 0.4) is 0 Å². The van der Waals surface area contributed by atoms with Crippen LogP contribution in [0.25, 0.3) is 0 Å². The quantitative estimate of drug-likeness (QED) is 0.866. The van der Waals surface area contributed by atoms with Gasteiger partial charge in [0.15, 0.2) is 5.13 Å². The van der Waals surface area contributed by atoms with Crippen molar-refractivity contribution in [3.63, 3.8) is 0 Å². The number of thiazole rings is 1. The maximum absolute atomic E-state index is 12.3. The fraction of sp³-hybridized carbons (Fsp3) is 0.500. The van der Waals surface area contributed by atoms with Crippen molar-refractivity contribution in [1.29, 1.82) is 0 Å². The molecule has 1 N–H and O–H groups in total. The normalized spacial score (nSPS) is 15.8. The molecule has 1 fully saturated rings. The Bertz CT molecular complexity index is 802. The van der Waals surface area contributed by atoms with Crippen LogP contribution < -0.4 is 15.8 Å². The van der Waals surface area contributed by atoms with Crippen molar-refractivity contribution in [1.82, 2.24) is 19.7 Å². The van der Waals surface area contributed by atoms with Gasteiger partial charge in [-0.1, -0.05) is 0 Å². The zero-order valence-corrected chi connectivity index (χ0v) is 15.3. The molecule has 3 heterocycles. The Morgan fingerprint density at radius 1 is 1.28 bits per heavy atom. The average Bonchev–Trinajstić information content (AvgIpc) is 2.84. The summed E-state index contributed by atoms with van der Waals surface area (Å²) in [6.07, 6.45) is 4.40. The van der Waals surface area contributed by atoms with E-state index in [-0.39, 0.29) is 18.0 Å². The molecule has 9 heteroatoms. The lowest BCUT2D eigenvalue weighted by Gasteiger charge is -2.22. The fourth-order valence-electron chi connectivity index (χ4n) is 2.73. The molecule has 1 saturated heterocycles. The molecule has 2 aromatic heterocycles. The summed E-state index contributed by atoms with van der Waals surface area (Å²) in [6, 6.07) is 1.55. The summed E-state index contributed by atoms with van der Waals surface area (Å²) in [5.74, 6) is -0.312. The van der Waals surface area contributed by atoms with E-state index in [4.69, 9.17) is 0 Å². The average molecular weight is 362 g/mol. The highest BCUT2D eigenvalue weighted by molar-refractivity contribution is 7.15. The van der Waals surface area contributed by atoms with Gasteiger partial charge in [-0.25, -0.2) is 9.67 Å². The van der Waals surface area contributed by atoms with Crippen molar-refractivity contribution in [2.45, 2.75) is 19.9 Å². The SMILES string of the molecule is Cc1cnc(NC(=O)Cn2ncc(N3CCCN(C)CC3)cc2=O)s1. The van der Waals surface area contributed by atoms with Crippen LogP contribution in [0, 0.1) is 6.92 Å². The van der Waals surface area contributed by atoms with Gasteiger partial charge in [-0.05, 0) is 26.9 Å². The molecule has 0 radical (unpaired) electrons. The Morgan fingerprint density at radius 3 is 2.84 bits per heavy atom. The minimum Gasteiger partial charge on any atom is -0.369 e. The Hall–Kier alpha value is -2.26. The molecule has 2 aromatic rings. The number of amides is 1. The molecule has 1 amide bonds. The van der Waals surface area contributed by atoms with E-state index in [1.165, 1.54) is 16.0 Å². The number of anilines is 2. The summed E-state index contributed by atoms with van der Waals surface area (Å²) in [4.78, 5) is 33.9. The van der Waals surface area contributed by atoms with E-state index in [1.807, 2.05) is 6.92 Å². The molecule has 25 heavy (non-hydrogen) atoms. The molecule has 0 unspecified atom stereocenters. The summed E-state index contributed by atoms with van der Waals surface area (Å²) in [6.45, 7) is 5.57. The highest BCUT2D eigenvalue weighted by Gasteiger charge is 2.15. The smallest absolute Gasteiger partial charge is 0.269 e. The second-order valence-corrected chi connectivity index (χ2v) is 7.41. The van der Waals surface area contributed by atoms with Gasteiger partial charge in [0, 0.05) is 36.8 Å². The van der Waals surface area contributed by atoms with Crippen LogP contribution >= 0.6 is 11.3 Å². The van der Waals surface area contributed by atoms with Gasteiger partial charge in [0.2, 0.25) is 5.91 Å². The number of hydrogen-bond donors (Lipinski definition) is 1. The van der Waals surface area contributed by atoms with Gasteiger partial charge in [0.1, 0.15) is 6.54 Å². The van der Waals surface area contributed by atoms with Crippen molar-refractivity contribution in [2.24, 2.45) is 0 Å². The first-order chi connectivity index (χ1) is 12.0. The number of rotatable bonds is 4. The van der Waals surface area contributed by atoms with Crippen molar-refractivity contribution in [3.8, 4) is 0 Å². The number of nitrogens with one attached hydrogen (secondary N) is 1. The molecule has 0 aliphatic carbocycles. The molecule has 0 spiro atoms. The van der Waals surface area contributed by atoms with E-state index in [1.54, 1.807) is 18.5 Å². The number of likely N-dealkylation sites (N-methyl/N-ethyl adjacent to an activating group) is 1. The Morgan fingerprint density at radius 2 is 2.12 bits per heavy atom. The lowest BCUT2D eigenvalue weighted by Crippen LogP contribution is -2.33. The first-order valence-electron chi connectivity index (χ1n) is 8.24. The van der Waals surface area contributed by atoms with Gasteiger partial charge in [-0.3, -0.25) is 9.59 Å². The van der Waals surface area contributed by atoms with Crippen LogP contribution in [0.5, 0.6) is 0 Å². The third-order valence-corrected chi connectivity index (χ3v) is 4.93. The zero-order valence-electron chi connectivity index (χ0n) is 14.4. The standard InChI is InChI=1S/C16H22N6O2S/c1-12-9-17-16(25-12)19-14(23)11-22-15(24)8-13(10-18-22)21-5-3-4-20(2)6-7-21/h8-10H,3-7,11H2,1-2H3,(H,17,19,23). The second kappa shape index (κ2) is 7.75. The molecular formula is C16H22N6O2S. The maximum Gasteiger partial charge on any atom is 0.269 e. The van der Waals surface area contributed by atoms with E-state index < -0.39 is 0 Å². The number of carbonyl (C=O) groups excluding carboxylic acids is 1. The Balaban J connectivity index is 1.65. The largest absolute Gasteiger partial charge is 0.369 e. The predicted molar refractivity (Wildman–Crippen MR) is 98.3 cm³/mol. The fourth-order valence-corrected chi connectivity index (χ4v) is 3.41. The summed E-state index contributed by atoms with van der Waals surface area (Å²) in [5, 5.41) is 7.37. The van der Waals surface area contributed by atoms with Gasteiger partial charge in [0.05, 0.1) is 11.9 Å². The van der Waals surface area contributed by atoms with Gasteiger partial charge < -0.3 is 15.1 Å². The molecule has 3 rings (SSSR count). The minimum atomic E-state index is -0.312. The van der Waals surface area contributed by atoms with Crippen LogP contribution in [0.4, 0.5) is 10.8 Å². The molecule has 8 nitrogen and oxygen atoms in total. The first-order valence-corrected chi connectivity index (χ1v) is 9.06. The minimum absolute atomic E-state index is 0.125. The lowest BCUT2D eigenvalue weighted by molar-refractivity contribution is -0.117. The molecule has 134 valence electrons.